The molecule has 6 heteroatoms. The Bertz CT molecular complexity index is 777. The van der Waals surface area contributed by atoms with Crippen molar-refractivity contribution in [3.8, 4) is 11.8 Å². The van der Waals surface area contributed by atoms with E-state index < -0.39 is 4.92 Å². The number of hydrogen-bond donors (Lipinski definition) is 1. The highest BCUT2D eigenvalue weighted by atomic mass is 16.6. The van der Waals surface area contributed by atoms with Crippen LogP contribution in [0.15, 0.2) is 54.2 Å². The quantitative estimate of drug-likeness (QED) is 0.464. The molecule has 1 N–H and O–H groups in total. The van der Waals surface area contributed by atoms with E-state index in [1.165, 1.54) is 6.07 Å². The predicted octanol–water partition coefficient (Wildman–Crippen LogP) is 4.36. The molecule has 0 amide bonds. The Morgan fingerprint density at radius 1 is 1.29 bits per heavy atom. The smallest absolute Gasteiger partial charge is 0.292 e. The molecule has 0 aliphatic carbocycles. The third kappa shape index (κ3) is 4.58. The van der Waals surface area contributed by atoms with E-state index in [4.69, 9.17) is 4.74 Å². The molecule has 0 aliphatic heterocycles. The molecule has 2 aromatic carbocycles. The molecule has 0 bridgehead atoms. The highest BCUT2D eigenvalue weighted by Gasteiger charge is 2.13. The molecule has 0 unspecified atom stereocenters. The fraction of sp³-hybridized carbons (Fsp3) is 0.167. The molecule has 2 aromatic rings. The van der Waals surface area contributed by atoms with Crippen molar-refractivity contribution in [3.05, 3.63) is 69.9 Å². The molecule has 0 aromatic heterocycles. The van der Waals surface area contributed by atoms with E-state index in [0.29, 0.717) is 6.61 Å². The topological polar surface area (TPSA) is 88.2 Å². The first kappa shape index (κ1) is 17.0. The summed E-state index contributed by atoms with van der Waals surface area (Å²) in [6.45, 7) is 2.68. The van der Waals surface area contributed by atoms with Gasteiger partial charge in [0.15, 0.2) is 0 Å². The summed E-state index contributed by atoms with van der Waals surface area (Å²) < 4.78 is 5.50. The number of nitro groups is 1. The van der Waals surface area contributed by atoms with Crippen LogP contribution in [0.25, 0.3) is 6.08 Å². The summed E-state index contributed by atoms with van der Waals surface area (Å²) in [6, 6.07) is 15.5. The van der Waals surface area contributed by atoms with Crippen molar-refractivity contribution in [3.63, 3.8) is 0 Å². The van der Waals surface area contributed by atoms with Crippen molar-refractivity contribution in [1.29, 1.82) is 5.26 Å². The van der Waals surface area contributed by atoms with Gasteiger partial charge in [-0.2, -0.15) is 5.26 Å². The average Bonchev–Trinajstić information content (AvgIpc) is 2.60. The minimum Gasteiger partial charge on any atom is -0.494 e. The van der Waals surface area contributed by atoms with Gasteiger partial charge < -0.3 is 10.1 Å². The number of nitrogens with one attached hydrogen (secondary N) is 1. The largest absolute Gasteiger partial charge is 0.494 e. The number of nitriles is 1. The third-order valence-electron chi connectivity index (χ3n) is 3.15. The standard InChI is InChI=1S/C18H17N3O3/c1-2-11-24-16-9-7-14(8-10-16)12-15(13-19)20-17-5-3-4-6-18(17)21(22)23/h3-10,12,20H,2,11H2,1H3. The molecular formula is C18H17N3O3. The Balaban J connectivity index is 2.18. The number of allylic oxidation sites excluding steroid dienone is 1. The van der Waals surface area contributed by atoms with E-state index in [9.17, 15) is 15.4 Å². The van der Waals surface area contributed by atoms with Gasteiger partial charge in [0.1, 0.15) is 23.2 Å². The fourth-order valence-corrected chi connectivity index (χ4v) is 2.03. The number of benzene rings is 2. The molecule has 2 rings (SSSR count). The zero-order valence-corrected chi connectivity index (χ0v) is 13.2. The zero-order valence-electron chi connectivity index (χ0n) is 13.2. The number of ether oxygens (including phenoxy) is 1. The zero-order chi connectivity index (χ0) is 17.4. The predicted molar refractivity (Wildman–Crippen MR) is 92.5 cm³/mol. The Morgan fingerprint density at radius 2 is 2.00 bits per heavy atom. The van der Waals surface area contributed by atoms with Gasteiger partial charge in [0.05, 0.1) is 11.5 Å². The minimum atomic E-state index is -0.489. The minimum absolute atomic E-state index is 0.0815. The number of rotatable bonds is 7. The van der Waals surface area contributed by atoms with Crippen LogP contribution < -0.4 is 10.1 Å². The van der Waals surface area contributed by atoms with Crippen molar-refractivity contribution >= 4 is 17.5 Å². The van der Waals surface area contributed by atoms with E-state index >= 15 is 0 Å². The Morgan fingerprint density at radius 3 is 2.62 bits per heavy atom. The summed E-state index contributed by atoms with van der Waals surface area (Å²) in [5.41, 5.74) is 1.20. The maximum absolute atomic E-state index is 11.0. The normalized spacial score (nSPS) is 10.8. The van der Waals surface area contributed by atoms with Crippen molar-refractivity contribution < 1.29 is 9.66 Å². The van der Waals surface area contributed by atoms with Crippen LogP contribution in [-0.2, 0) is 0 Å². The molecule has 0 saturated carbocycles. The molecule has 0 fully saturated rings. The highest BCUT2D eigenvalue weighted by molar-refractivity contribution is 5.70. The average molecular weight is 323 g/mol. The van der Waals surface area contributed by atoms with Crippen LogP contribution in [0.2, 0.25) is 0 Å². The fourth-order valence-electron chi connectivity index (χ4n) is 2.03. The molecule has 0 heterocycles. The van der Waals surface area contributed by atoms with E-state index in [1.807, 2.05) is 37.3 Å². The summed E-state index contributed by atoms with van der Waals surface area (Å²) >= 11 is 0. The van der Waals surface area contributed by atoms with Crippen LogP contribution in [0.3, 0.4) is 0 Å². The second-order valence-corrected chi connectivity index (χ2v) is 4.99. The summed E-state index contributed by atoms with van der Waals surface area (Å²) in [4.78, 5) is 10.5. The lowest BCUT2D eigenvalue weighted by Crippen LogP contribution is -2.01. The molecule has 0 saturated heterocycles. The molecule has 24 heavy (non-hydrogen) atoms. The lowest BCUT2D eigenvalue weighted by molar-refractivity contribution is -0.383. The van der Waals surface area contributed by atoms with Crippen molar-refractivity contribution in [1.82, 2.24) is 0 Å². The van der Waals surface area contributed by atoms with Gasteiger partial charge in [0.25, 0.3) is 5.69 Å². The monoisotopic (exact) mass is 323 g/mol. The molecule has 0 aliphatic rings. The maximum atomic E-state index is 11.0. The first-order chi connectivity index (χ1) is 11.6. The van der Waals surface area contributed by atoms with E-state index in [-0.39, 0.29) is 17.1 Å². The molecular weight excluding hydrogens is 306 g/mol. The van der Waals surface area contributed by atoms with Crippen LogP contribution >= 0.6 is 0 Å². The van der Waals surface area contributed by atoms with E-state index in [2.05, 4.69) is 5.32 Å². The van der Waals surface area contributed by atoms with Gasteiger partial charge in [-0.25, -0.2) is 0 Å². The van der Waals surface area contributed by atoms with E-state index in [0.717, 1.165) is 17.7 Å². The summed E-state index contributed by atoms with van der Waals surface area (Å²) in [7, 11) is 0. The number of nitro benzene ring substituents is 1. The van der Waals surface area contributed by atoms with Crippen molar-refractivity contribution in [2.45, 2.75) is 13.3 Å². The number of para-hydroxylation sites is 2. The van der Waals surface area contributed by atoms with Gasteiger partial charge in [-0.05, 0) is 36.3 Å². The number of anilines is 1. The molecule has 0 atom stereocenters. The summed E-state index contributed by atoms with van der Waals surface area (Å²) in [5.74, 6) is 0.763. The molecule has 0 spiro atoms. The van der Waals surface area contributed by atoms with Gasteiger partial charge in [-0.3, -0.25) is 10.1 Å². The Kier molecular flexibility index (Phi) is 5.92. The lowest BCUT2D eigenvalue weighted by Gasteiger charge is -2.06. The summed E-state index contributed by atoms with van der Waals surface area (Å²) in [5, 5.41) is 23.1. The molecule has 0 radical (unpaired) electrons. The van der Waals surface area contributed by atoms with Crippen LogP contribution in [0.4, 0.5) is 11.4 Å². The second kappa shape index (κ2) is 8.34. The van der Waals surface area contributed by atoms with Crippen LogP contribution in [0, 0.1) is 21.4 Å². The first-order valence-electron chi connectivity index (χ1n) is 7.49. The van der Waals surface area contributed by atoms with Gasteiger partial charge in [-0.1, -0.05) is 31.2 Å². The van der Waals surface area contributed by atoms with Crippen LogP contribution in [0.1, 0.15) is 18.9 Å². The van der Waals surface area contributed by atoms with Crippen molar-refractivity contribution in [2.75, 3.05) is 11.9 Å². The molecule has 6 nitrogen and oxygen atoms in total. The lowest BCUT2D eigenvalue weighted by atomic mass is 10.2. The highest BCUT2D eigenvalue weighted by Crippen LogP contribution is 2.25. The van der Waals surface area contributed by atoms with Gasteiger partial charge in [-0.15, -0.1) is 0 Å². The SMILES string of the molecule is CCCOc1ccc(C=C(C#N)Nc2ccccc2[N+](=O)[O-])cc1. The Labute approximate surface area is 140 Å². The van der Waals surface area contributed by atoms with Gasteiger partial charge >= 0.3 is 0 Å². The summed E-state index contributed by atoms with van der Waals surface area (Å²) in [6.07, 6.45) is 2.56. The van der Waals surface area contributed by atoms with Gasteiger partial charge in [0.2, 0.25) is 0 Å². The Hall–Kier alpha value is -3.33. The second-order valence-electron chi connectivity index (χ2n) is 4.99. The van der Waals surface area contributed by atoms with Crippen molar-refractivity contribution in [2.24, 2.45) is 0 Å². The first-order valence-corrected chi connectivity index (χ1v) is 7.49. The van der Waals surface area contributed by atoms with Gasteiger partial charge in [0, 0.05) is 6.07 Å². The molecule has 122 valence electrons. The third-order valence-corrected chi connectivity index (χ3v) is 3.15. The van der Waals surface area contributed by atoms with Crippen LogP contribution in [-0.4, -0.2) is 11.5 Å². The number of nitrogens with zero attached hydrogens (tertiary/aromatic N) is 2. The number of hydrogen-bond acceptors (Lipinski definition) is 5. The van der Waals surface area contributed by atoms with E-state index in [1.54, 1.807) is 24.3 Å². The maximum Gasteiger partial charge on any atom is 0.292 e. The van der Waals surface area contributed by atoms with Crippen LogP contribution in [0.5, 0.6) is 5.75 Å².